The van der Waals surface area contributed by atoms with Gasteiger partial charge in [-0.05, 0) is 56.5 Å². The average molecular weight is 752 g/mol. The highest BCUT2D eigenvalue weighted by Crippen LogP contribution is 2.42. The van der Waals surface area contributed by atoms with Crippen molar-refractivity contribution in [2.45, 2.75) is 70.6 Å². The van der Waals surface area contributed by atoms with Gasteiger partial charge in [0.15, 0.2) is 36.1 Å². The molecule has 0 unspecified atom stereocenters. The maximum Gasteiger partial charge on any atom is 0.313 e. The summed E-state index contributed by atoms with van der Waals surface area (Å²) in [6, 6.07) is 27.7. The third-order valence-electron chi connectivity index (χ3n) is 9.35. The minimum atomic E-state index is -1.17. The lowest BCUT2D eigenvalue weighted by Crippen LogP contribution is -2.40. The SMILES string of the molecule is COc1ccc(C(Nc2ncnc3c2ncn3[C@@H]2O[C@H](CO)[C@@H](OCOC(=O)C(C)(C)C)[C@H]2OC(=O)CCC(C)=O)(c2ccccc2)c2ccccc2)cc1. The third-order valence-corrected chi connectivity index (χ3v) is 9.35. The normalized spacial score (nSPS) is 18.5. The van der Waals surface area contributed by atoms with E-state index in [0.717, 1.165) is 16.7 Å². The molecular formula is C41H45N5O9. The van der Waals surface area contributed by atoms with Crippen LogP contribution in [0.1, 0.15) is 63.5 Å². The Labute approximate surface area is 318 Å². The Kier molecular flexibility index (Phi) is 11.9. The number of aromatic nitrogens is 4. The predicted molar refractivity (Wildman–Crippen MR) is 201 cm³/mol. The molecule has 0 spiro atoms. The van der Waals surface area contributed by atoms with Crippen LogP contribution in [-0.2, 0) is 38.9 Å². The van der Waals surface area contributed by atoms with Gasteiger partial charge in [-0.2, -0.15) is 0 Å². The molecule has 4 atom stereocenters. The first kappa shape index (κ1) is 39.0. The van der Waals surface area contributed by atoms with Crippen LogP contribution in [0.25, 0.3) is 11.2 Å². The molecule has 288 valence electrons. The molecule has 1 aliphatic heterocycles. The summed E-state index contributed by atoms with van der Waals surface area (Å²) in [5.41, 5.74) is 1.67. The number of methoxy groups -OCH3 is 1. The Morgan fingerprint density at radius 2 is 1.49 bits per heavy atom. The minimum Gasteiger partial charge on any atom is -0.497 e. The van der Waals surface area contributed by atoms with Gasteiger partial charge in [0.1, 0.15) is 35.6 Å². The van der Waals surface area contributed by atoms with Gasteiger partial charge < -0.3 is 38.9 Å². The number of Topliss-reactive ketones (excluding diaryl/α,β-unsaturated/α-hetero) is 1. The molecule has 1 fully saturated rings. The fraction of sp³-hybridized carbons (Fsp3) is 0.366. The number of ketones is 1. The summed E-state index contributed by atoms with van der Waals surface area (Å²) < 4.78 is 30.5. The van der Waals surface area contributed by atoms with E-state index in [0.29, 0.717) is 22.7 Å². The zero-order valence-corrected chi connectivity index (χ0v) is 31.4. The molecule has 0 saturated carbocycles. The number of nitrogens with one attached hydrogen (secondary N) is 1. The van der Waals surface area contributed by atoms with Gasteiger partial charge >= 0.3 is 11.9 Å². The summed E-state index contributed by atoms with van der Waals surface area (Å²) in [6.07, 6.45) is -1.65. The molecule has 1 saturated heterocycles. The molecule has 2 N–H and O–H groups in total. The maximum absolute atomic E-state index is 13.1. The number of carbonyl (C=O) groups is 3. The van der Waals surface area contributed by atoms with Crippen LogP contribution in [-0.4, -0.2) is 81.2 Å². The Hall–Kier alpha value is -5.70. The van der Waals surface area contributed by atoms with E-state index in [1.807, 2.05) is 84.9 Å². The Bertz CT molecular complexity index is 2050. The monoisotopic (exact) mass is 751 g/mol. The summed E-state index contributed by atoms with van der Waals surface area (Å²) in [7, 11) is 1.62. The number of hydrogen-bond acceptors (Lipinski definition) is 13. The lowest BCUT2D eigenvalue weighted by atomic mass is 9.77. The largest absolute Gasteiger partial charge is 0.497 e. The lowest BCUT2D eigenvalue weighted by molar-refractivity contribution is -0.182. The molecule has 3 aromatic carbocycles. The van der Waals surface area contributed by atoms with Crippen LogP contribution in [0.15, 0.2) is 97.6 Å². The number of carbonyl (C=O) groups excluding carboxylic acids is 3. The number of imidazole rings is 1. The first-order valence-electron chi connectivity index (χ1n) is 17.9. The van der Waals surface area contributed by atoms with E-state index in [1.54, 1.807) is 32.4 Å². The van der Waals surface area contributed by atoms with Crippen molar-refractivity contribution in [3.8, 4) is 5.75 Å². The van der Waals surface area contributed by atoms with Crippen molar-refractivity contribution in [1.29, 1.82) is 0 Å². The lowest BCUT2D eigenvalue weighted by Gasteiger charge is -2.37. The van der Waals surface area contributed by atoms with Gasteiger partial charge in [0.05, 0.1) is 31.9 Å². The molecule has 0 amide bonds. The molecule has 3 heterocycles. The van der Waals surface area contributed by atoms with Crippen molar-refractivity contribution < 1.29 is 43.2 Å². The number of fused-ring (bicyclic) bond motifs is 1. The summed E-state index contributed by atoms with van der Waals surface area (Å²) >= 11 is 0. The van der Waals surface area contributed by atoms with Crippen molar-refractivity contribution in [2.75, 3.05) is 25.8 Å². The van der Waals surface area contributed by atoms with E-state index in [4.69, 9.17) is 28.7 Å². The number of hydrogen-bond donors (Lipinski definition) is 2. The van der Waals surface area contributed by atoms with Gasteiger partial charge in [0.2, 0.25) is 0 Å². The van der Waals surface area contributed by atoms with Crippen LogP contribution in [0.4, 0.5) is 5.82 Å². The second-order valence-electron chi connectivity index (χ2n) is 14.2. The highest BCUT2D eigenvalue weighted by atomic mass is 16.7. The second-order valence-corrected chi connectivity index (χ2v) is 14.2. The Morgan fingerprint density at radius 1 is 0.855 bits per heavy atom. The van der Waals surface area contributed by atoms with Gasteiger partial charge in [0.25, 0.3) is 0 Å². The van der Waals surface area contributed by atoms with E-state index in [-0.39, 0.29) is 18.6 Å². The van der Waals surface area contributed by atoms with Crippen LogP contribution in [0.2, 0.25) is 0 Å². The topological polar surface area (TPSA) is 173 Å². The van der Waals surface area contributed by atoms with Crippen LogP contribution in [0.3, 0.4) is 0 Å². The van der Waals surface area contributed by atoms with Crippen LogP contribution in [0, 0.1) is 5.41 Å². The van der Waals surface area contributed by atoms with Crippen molar-refractivity contribution in [3.05, 3.63) is 114 Å². The highest BCUT2D eigenvalue weighted by Gasteiger charge is 2.50. The number of nitrogens with zero attached hydrogens (tertiary/aromatic N) is 4. The van der Waals surface area contributed by atoms with Crippen molar-refractivity contribution in [3.63, 3.8) is 0 Å². The fourth-order valence-corrected chi connectivity index (χ4v) is 6.52. The van der Waals surface area contributed by atoms with Gasteiger partial charge in [0, 0.05) is 6.42 Å². The molecule has 14 heteroatoms. The molecule has 0 radical (unpaired) electrons. The van der Waals surface area contributed by atoms with E-state index in [1.165, 1.54) is 19.6 Å². The predicted octanol–water partition coefficient (Wildman–Crippen LogP) is 5.34. The van der Waals surface area contributed by atoms with E-state index >= 15 is 0 Å². The van der Waals surface area contributed by atoms with Crippen molar-refractivity contribution in [2.24, 2.45) is 5.41 Å². The van der Waals surface area contributed by atoms with Crippen molar-refractivity contribution in [1.82, 2.24) is 19.5 Å². The Morgan fingerprint density at radius 3 is 2.07 bits per heavy atom. The number of ether oxygens (including phenoxy) is 5. The quantitative estimate of drug-likeness (QED) is 0.0798. The molecule has 2 aromatic heterocycles. The number of aliphatic hydroxyl groups is 1. The highest BCUT2D eigenvalue weighted by molar-refractivity contribution is 5.84. The number of rotatable bonds is 15. The number of esters is 2. The average Bonchev–Trinajstić information content (AvgIpc) is 3.77. The Balaban J connectivity index is 1.42. The molecule has 55 heavy (non-hydrogen) atoms. The third kappa shape index (κ3) is 8.36. The summed E-state index contributed by atoms with van der Waals surface area (Å²) in [5, 5.41) is 14.1. The standard InChI is InChI=1S/C41H45N5O9/c1-26(48)16-21-32(49)55-35-34(52-25-53-39(50)40(2,3)4)31(22-47)54-38(35)46-24-44-33-36(42-23-43-37(33)46)45-41(27-12-8-6-9-13-27,28-14-10-7-11-15-28)29-17-19-30(51-5)20-18-29/h6-15,17-20,23-24,31,34-35,38,47H,16,21-22,25H2,1-5H3,(H,42,43,45)/t31-,34-,35-,38-/m1/s1. The zero-order chi connectivity index (χ0) is 39.2. The first-order valence-corrected chi connectivity index (χ1v) is 17.9. The number of aliphatic hydroxyl groups excluding tert-OH is 1. The van der Waals surface area contributed by atoms with Crippen LogP contribution in [0.5, 0.6) is 5.75 Å². The van der Waals surface area contributed by atoms with E-state index < -0.39 is 60.8 Å². The smallest absolute Gasteiger partial charge is 0.313 e. The maximum atomic E-state index is 13.1. The summed E-state index contributed by atoms with van der Waals surface area (Å²) in [4.78, 5) is 51.3. The van der Waals surface area contributed by atoms with E-state index in [2.05, 4.69) is 15.3 Å². The molecule has 1 aliphatic rings. The molecule has 6 rings (SSSR count). The molecule has 14 nitrogen and oxygen atoms in total. The number of anilines is 1. The van der Waals surface area contributed by atoms with Gasteiger partial charge in [-0.3, -0.25) is 14.2 Å². The fourth-order valence-electron chi connectivity index (χ4n) is 6.52. The number of benzene rings is 3. The van der Waals surface area contributed by atoms with Crippen LogP contribution < -0.4 is 10.1 Å². The zero-order valence-electron chi connectivity index (χ0n) is 31.4. The molecule has 0 aliphatic carbocycles. The second kappa shape index (κ2) is 16.8. The summed E-state index contributed by atoms with van der Waals surface area (Å²) in [5.74, 6) is -0.274. The first-order chi connectivity index (χ1) is 26.5. The van der Waals surface area contributed by atoms with Crippen molar-refractivity contribution >= 4 is 34.7 Å². The minimum absolute atomic E-state index is 0.0236. The van der Waals surface area contributed by atoms with Gasteiger partial charge in [-0.1, -0.05) is 72.8 Å². The molecule has 0 bridgehead atoms. The summed E-state index contributed by atoms with van der Waals surface area (Å²) in [6.45, 7) is 5.50. The van der Waals surface area contributed by atoms with E-state index in [9.17, 15) is 19.5 Å². The van der Waals surface area contributed by atoms with Gasteiger partial charge in [-0.15, -0.1) is 0 Å². The molecular weight excluding hydrogens is 706 g/mol. The van der Waals surface area contributed by atoms with Gasteiger partial charge in [-0.25, -0.2) is 15.0 Å². The molecule has 5 aromatic rings. The van der Waals surface area contributed by atoms with Crippen LogP contribution >= 0.6 is 0 Å².